The minimum Gasteiger partial charge on any atom is -0.398 e. The second-order valence-electron chi connectivity index (χ2n) is 3.14. The van der Waals surface area contributed by atoms with Gasteiger partial charge in [-0.15, -0.1) is 0 Å². The second kappa shape index (κ2) is 4.23. The summed E-state index contributed by atoms with van der Waals surface area (Å²) in [5.74, 6) is -0.305. The first kappa shape index (κ1) is 9.99. The van der Waals surface area contributed by atoms with Crippen molar-refractivity contribution >= 4 is 5.69 Å². The Balaban J connectivity index is 2.98. The highest BCUT2D eigenvalue weighted by Gasteiger charge is 2.13. The van der Waals surface area contributed by atoms with Gasteiger partial charge in [-0.25, -0.2) is 4.39 Å². The zero-order valence-electron chi connectivity index (χ0n) is 7.76. The third-order valence-electron chi connectivity index (χ3n) is 2.06. The molecule has 1 unspecified atom stereocenters. The predicted molar refractivity (Wildman–Crippen MR) is 52.6 cm³/mol. The Morgan fingerprint density at radius 1 is 1.46 bits per heavy atom. The van der Waals surface area contributed by atoms with Gasteiger partial charge in [-0.1, -0.05) is 19.4 Å². The summed E-state index contributed by atoms with van der Waals surface area (Å²) in [6.45, 7) is 2.01. The largest absolute Gasteiger partial charge is 0.398 e. The lowest BCUT2D eigenvalue weighted by Gasteiger charge is -2.13. The number of rotatable bonds is 3. The Morgan fingerprint density at radius 3 is 2.69 bits per heavy atom. The van der Waals surface area contributed by atoms with E-state index in [1.54, 1.807) is 12.1 Å². The molecule has 72 valence electrons. The summed E-state index contributed by atoms with van der Waals surface area (Å²) < 4.78 is 13.3. The Bertz CT molecular complexity index is 266. The van der Waals surface area contributed by atoms with Gasteiger partial charge in [0.05, 0.1) is 0 Å². The maximum Gasteiger partial charge on any atom is 0.130 e. The lowest BCUT2D eigenvalue weighted by molar-refractivity contribution is 0.562. The molecule has 0 fully saturated rings. The van der Waals surface area contributed by atoms with Crippen LogP contribution in [0.5, 0.6) is 0 Å². The topological polar surface area (TPSA) is 52.0 Å². The molecule has 1 atom stereocenters. The van der Waals surface area contributed by atoms with E-state index >= 15 is 0 Å². The summed E-state index contributed by atoms with van der Waals surface area (Å²) in [7, 11) is 0. The van der Waals surface area contributed by atoms with E-state index in [1.165, 1.54) is 6.07 Å². The maximum absolute atomic E-state index is 13.3. The first-order chi connectivity index (χ1) is 6.16. The standard InChI is InChI=1S/C10H15FN2/c1-2-4-8(12)10-7(11)5-3-6-9(10)13/h3,5-6,8H,2,4,12-13H2,1H3. The highest BCUT2D eigenvalue weighted by molar-refractivity contribution is 5.48. The normalized spacial score (nSPS) is 12.8. The second-order valence-corrected chi connectivity index (χ2v) is 3.14. The molecule has 0 amide bonds. The number of hydrogen-bond acceptors (Lipinski definition) is 2. The van der Waals surface area contributed by atoms with Crippen LogP contribution in [0.2, 0.25) is 0 Å². The van der Waals surface area contributed by atoms with Crippen molar-refractivity contribution in [3.8, 4) is 0 Å². The summed E-state index contributed by atoms with van der Waals surface area (Å²) >= 11 is 0. The molecule has 0 aromatic heterocycles. The van der Waals surface area contributed by atoms with Gasteiger partial charge < -0.3 is 11.5 Å². The van der Waals surface area contributed by atoms with Crippen LogP contribution in [0.4, 0.5) is 10.1 Å². The monoisotopic (exact) mass is 182 g/mol. The Labute approximate surface area is 77.7 Å². The molecule has 1 rings (SSSR count). The van der Waals surface area contributed by atoms with Crippen LogP contribution in [-0.2, 0) is 0 Å². The molecule has 0 aliphatic carbocycles. The van der Waals surface area contributed by atoms with Crippen LogP contribution in [0.25, 0.3) is 0 Å². The van der Waals surface area contributed by atoms with Crippen molar-refractivity contribution in [1.29, 1.82) is 0 Å². The third kappa shape index (κ3) is 2.18. The summed E-state index contributed by atoms with van der Waals surface area (Å²) in [5, 5.41) is 0. The van der Waals surface area contributed by atoms with Gasteiger partial charge in [0.25, 0.3) is 0 Å². The number of benzene rings is 1. The van der Waals surface area contributed by atoms with Crippen LogP contribution in [0.15, 0.2) is 18.2 Å². The number of hydrogen-bond donors (Lipinski definition) is 2. The molecule has 1 aromatic carbocycles. The molecular formula is C10H15FN2. The third-order valence-corrected chi connectivity index (χ3v) is 2.06. The van der Waals surface area contributed by atoms with E-state index in [0.29, 0.717) is 11.3 Å². The summed E-state index contributed by atoms with van der Waals surface area (Å²) in [6, 6.07) is 4.37. The van der Waals surface area contributed by atoms with Crippen molar-refractivity contribution < 1.29 is 4.39 Å². The molecule has 0 saturated heterocycles. The lowest BCUT2D eigenvalue weighted by atomic mass is 10.0. The van der Waals surface area contributed by atoms with E-state index in [9.17, 15) is 4.39 Å². The molecule has 0 bridgehead atoms. The van der Waals surface area contributed by atoms with E-state index < -0.39 is 0 Å². The molecule has 0 heterocycles. The maximum atomic E-state index is 13.3. The van der Waals surface area contributed by atoms with Crippen molar-refractivity contribution in [1.82, 2.24) is 0 Å². The molecule has 4 N–H and O–H groups in total. The van der Waals surface area contributed by atoms with Crippen molar-refractivity contribution in [2.75, 3.05) is 5.73 Å². The summed E-state index contributed by atoms with van der Waals surface area (Å²) in [6.07, 6.45) is 1.68. The molecule has 0 saturated carbocycles. The summed E-state index contributed by atoms with van der Waals surface area (Å²) in [4.78, 5) is 0. The van der Waals surface area contributed by atoms with Crippen LogP contribution in [0.3, 0.4) is 0 Å². The molecule has 0 aliphatic heterocycles. The molecule has 13 heavy (non-hydrogen) atoms. The number of halogens is 1. The van der Waals surface area contributed by atoms with Crippen LogP contribution in [-0.4, -0.2) is 0 Å². The van der Waals surface area contributed by atoms with E-state index in [1.807, 2.05) is 6.92 Å². The van der Waals surface area contributed by atoms with Gasteiger partial charge in [-0.2, -0.15) is 0 Å². The van der Waals surface area contributed by atoms with Gasteiger partial charge >= 0.3 is 0 Å². The van der Waals surface area contributed by atoms with E-state index in [2.05, 4.69) is 0 Å². The molecule has 2 nitrogen and oxygen atoms in total. The van der Waals surface area contributed by atoms with Crippen LogP contribution in [0, 0.1) is 5.82 Å². The number of anilines is 1. The quantitative estimate of drug-likeness (QED) is 0.704. The van der Waals surface area contributed by atoms with E-state index in [4.69, 9.17) is 11.5 Å². The Hall–Kier alpha value is -1.09. The fourth-order valence-electron chi connectivity index (χ4n) is 1.40. The molecule has 3 heteroatoms. The minimum atomic E-state index is -0.305. The van der Waals surface area contributed by atoms with Crippen LogP contribution >= 0.6 is 0 Å². The highest BCUT2D eigenvalue weighted by Crippen LogP contribution is 2.24. The Kier molecular flexibility index (Phi) is 3.25. The van der Waals surface area contributed by atoms with Crippen molar-refractivity contribution in [2.45, 2.75) is 25.8 Å². The van der Waals surface area contributed by atoms with Crippen molar-refractivity contribution in [2.24, 2.45) is 5.73 Å². The molecule has 0 aliphatic rings. The SMILES string of the molecule is CCCC(N)c1c(N)cccc1F. The summed E-state index contributed by atoms with van der Waals surface area (Å²) in [5.41, 5.74) is 12.3. The molecular weight excluding hydrogens is 167 g/mol. The van der Waals surface area contributed by atoms with Crippen LogP contribution in [0.1, 0.15) is 31.4 Å². The number of nitrogen functional groups attached to an aromatic ring is 1. The fraction of sp³-hybridized carbons (Fsp3) is 0.400. The predicted octanol–water partition coefficient (Wildman–Crippen LogP) is 2.21. The number of nitrogens with two attached hydrogens (primary N) is 2. The van der Waals surface area contributed by atoms with Crippen molar-refractivity contribution in [3.05, 3.63) is 29.6 Å². The smallest absolute Gasteiger partial charge is 0.130 e. The molecule has 0 spiro atoms. The van der Waals surface area contributed by atoms with E-state index in [-0.39, 0.29) is 11.9 Å². The van der Waals surface area contributed by atoms with Gasteiger partial charge in [0.15, 0.2) is 0 Å². The van der Waals surface area contributed by atoms with Gasteiger partial charge in [0.1, 0.15) is 5.82 Å². The van der Waals surface area contributed by atoms with E-state index in [0.717, 1.165) is 12.8 Å². The minimum absolute atomic E-state index is 0.286. The highest BCUT2D eigenvalue weighted by atomic mass is 19.1. The average Bonchev–Trinajstić information content (AvgIpc) is 2.04. The first-order valence-electron chi connectivity index (χ1n) is 4.46. The van der Waals surface area contributed by atoms with Crippen LogP contribution < -0.4 is 11.5 Å². The first-order valence-corrected chi connectivity index (χ1v) is 4.46. The molecule has 1 aromatic rings. The lowest BCUT2D eigenvalue weighted by Crippen LogP contribution is -2.14. The van der Waals surface area contributed by atoms with Gasteiger partial charge in [-0.05, 0) is 18.6 Å². The fourth-order valence-corrected chi connectivity index (χ4v) is 1.40. The zero-order chi connectivity index (χ0) is 9.84. The van der Waals surface area contributed by atoms with Crippen molar-refractivity contribution in [3.63, 3.8) is 0 Å². The Morgan fingerprint density at radius 2 is 2.15 bits per heavy atom. The van der Waals surface area contributed by atoms with Gasteiger partial charge in [0, 0.05) is 17.3 Å². The average molecular weight is 182 g/mol. The zero-order valence-corrected chi connectivity index (χ0v) is 7.76. The molecule has 0 radical (unpaired) electrons. The van der Waals surface area contributed by atoms with Gasteiger partial charge in [0.2, 0.25) is 0 Å². The van der Waals surface area contributed by atoms with Gasteiger partial charge in [-0.3, -0.25) is 0 Å².